The van der Waals surface area contributed by atoms with Gasteiger partial charge in [-0.2, -0.15) is 0 Å². The van der Waals surface area contributed by atoms with E-state index in [1.807, 2.05) is 43.5 Å². The second kappa shape index (κ2) is 7.45. The molecular formula is C21H20N6. The van der Waals surface area contributed by atoms with Crippen LogP contribution in [0.2, 0.25) is 0 Å². The summed E-state index contributed by atoms with van der Waals surface area (Å²) in [5, 5.41) is 3.41. The highest BCUT2D eigenvalue weighted by molar-refractivity contribution is 5.78. The van der Waals surface area contributed by atoms with E-state index in [4.69, 9.17) is 0 Å². The van der Waals surface area contributed by atoms with Gasteiger partial charge in [0, 0.05) is 48.4 Å². The number of aromatic nitrogens is 5. The van der Waals surface area contributed by atoms with Crippen molar-refractivity contribution in [3.05, 3.63) is 72.6 Å². The normalized spacial score (nSPS) is 12.1. The second-order valence-electron chi connectivity index (χ2n) is 6.53. The van der Waals surface area contributed by atoms with Gasteiger partial charge in [-0.25, -0.2) is 9.97 Å². The van der Waals surface area contributed by atoms with Crippen LogP contribution < -0.4 is 5.32 Å². The molecule has 1 N–H and O–H groups in total. The fraction of sp³-hybridized carbons (Fsp3) is 0.190. The van der Waals surface area contributed by atoms with Crippen molar-refractivity contribution in [2.75, 3.05) is 11.9 Å². The lowest BCUT2D eigenvalue weighted by Crippen LogP contribution is -2.12. The molecule has 134 valence electrons. The van der Waals surface area contributed by atoms with Crippen LogP contribution in [0.4, 0.5) is 5.82 Å². The third-order valence-corrected chi connectivity index (χ3v) is 4.52. The first-order valence-electron chi connectivity index (χ1n) is 8.89. The van der Waals surface area contributed by atoms with Crippen molar-refractivity contribution in [1.29, 1.82) is 0 Å². The summed E-state index contributed by atoms with van der Waals surface area (Å²) in [5.74, 6) is 1.05. The van der Waals surface area contributed by atoms with Crippen LogP contribution in [-0.2, 0) is 0 Å². The van der Waals surface area contributed by atoms with Gasteiger partial charge in [0.1, 0.15) is 12.1 Å². The summed E-state index contributed by atoms with van der Waals surface area (Å²) < 4.78 is 0. The number of hydrogen-bond donors (Lipinski definition) is 1. The van der Waals surface area contributed by atoms with Crippen molar-refractivity contribution in [3.63, 3.8) is 0 Å². The molecule has 3 heterocycles. The van der Waals surface area contributed by atoms with Crippen LogP contribution in [0, 0.1) is 6.92 Å². The molecule has 0 saturated carbocycles. The third kappa shape index (κ3) is 3.74. The summed E-state index contributed by atoms with van der Waals surface area (Å²) in [6, 6.07) is 12.1. The number of nitrogens with zero attached hydrogens (tertiary/aromatic N) is 5. The quantitative estimate of drug-likeness (QED) is 0.582. The number of para-hydroxylation sites is 1. The van der Waals surface area contributed by atoms with Crippen molar-refractivity contribution in [3.8, 4) is 11.3 Å². The largest absolute Gasteiger partial charge is 0.369 e. The minimum atomic E-state index is 0.254. The molecule has 0 bridgehead atoms. The zero-order valence-corrected chi connectivity index (χ0v) is 15.3. The molecular weight excluding hydrogens is 336 g/mol. The number of anilines is 1. The van der Waals surface area contributed by atoms with Crippen molar-refractivity contribution in [2.45, 2.75) is 19.8 Å². The van der Waals surface area contributed by atoms with Gasteiger partial charge in [-0.1, -0.05) is 19.1 Å². The van der Waals surface area contributed by atoms with E-state index in [2.05, 4.69) is 43.2 Å². The maximum Gasteiger partial charge on any atom is 0.129 e. The number of fused-ring (bicyclic) bond motifs is 1. The highest BCUT2D eigenvalue weighted by atomic mass is 15.0. The predicted octanol–water partition coefficient (Wildman–Crippen LogP) is 4.01. The maximum absolute atomic E-state index is 4.50. The molecule has 6 heteroatoms. The van der Waals surface area contributed by atoms with E-state index < -0.39 is 0 Å². The number of aryl methyl sites for hydroxylation is 1. The molecule has 0 radical (unpaired) electrons. The van der Waals surface area contributed by atoms with E-state index >= 15 is 0 Å². The second-order valence-corrected chi connectivity index (χ2v) is 6.53. The van der Waals surface area contributed by atoms with Crippen molar-refractivity contribution >= 4 is 16.9 Å². The van der Waals surface area contributed by atoms with Crippen LogP contribution >= 0.6 is 0 Å². The average Bonchev–Trinajstić information content (AvgIpc) is 2.72. The monoisotopic (exact) mass is 356 g/mol. The SMILES string of the molecule is Cc1ccc(-c2cc(NCC(C)c3cccc4nccnc34)ncn2)cn1. The molecule has 3 aromatic heterocycles. The van der Waals surface area contributed by atoms with E-state index in [-0.39, 0.29) is 5.92 Å². The van der Waals surface area contributed by atoms with Gasteiger partial charge in [-0.15, -0.1) is 0 Å². The average molecular weight is 356 g/mol. The van der Waals surface area contributed by atoms with Crippen LogP contribution in [0.1, 0.15) is 24.1 Å². The maximum atomic E-state index is 4.50. The number of hydrogen-bond acceptors (Lipinski definition) is 6. The van der Waals surface area contributed by atoms with Crippen molar-refractivity contribution < 1.29 is 0 Å². The first-order chi connectivity index (χ1) is 13.2. The Kier molecular flexibility index (Phi) is 4.70. The Morgan fingerprint density at radius 2 is 1.85 bits per heavy atom. The Hall–Kier alpha value is -3.41. The number of rotatable bonds is 5. The van der Waals surface area contributed by atoms with Crippen LogP contribution in [0.15, 0.2) is 61.3 Å². The van der Waals surface area contributed by atoms with Crippen LogP contribution in [0.5, 0.6) is 0 Å². The van der Waals surface area contributed by atoms with Gasteiger partial charge in [0.2, 0.25) is 0 Å². The molecule has 0 aliphatic heterocycles. The molecule has 0 aliphatic carbocycles. The first-order valence-corrected chi connectivity index (χ1v) is 8.89. The summed E-state index contributed by atoms with van der Waals surface area (Å²) >= 11 is 0. The van der Waals surface area contributed by atoms with E-state index in [1.165, 1.54) is 5.56 Å². The van der Waals surface area contributed by atoms with E-state index in [0.29, 0.717) is 0 Å². The molecule has 0 fully saturated rings. The minimum Gasteiger partial charge on any atom is -0.369 e. The number of nitrogens with one attached hydrogen (secondary N) is 1. The minimum absolute atomic E-state index is 0.254. The number of pyridine rings is 1. The topological polar surface area (TPSA) is 76.5 Å². The summed E-state index contributed by atoms with van der Waals surface area (Å²) in [6.07, 6.45) is 6.86. The Balaban J connectivity index is 1.51. The molecule has 0 spiro atoms. The van der Waals surface area contributed by atoms with Gasteiger partial charge in [0.05, 0.1) is 16.7 Å². The zero-order chi connectivity index (χ0) is 18.6. The number of benzene rings is 1. The van der Waals surface area contributed by atoms with Crippen molar-refractivity contribution in [1.82, 2.24) is 24.9 Å². The van der Waals surface area contributed by atoms with Gasteiger partial charge in [0.15, 0.2) is 0 Å². The molecule has 0 saturated heterocycles. The molecule has 4 rings (SSSR count). The smallest absolute Gasteiger partial charge is 0.129 e. The van der Waals surface area contributed by atoms with Gasteiger partial charge in [-0.3, -0.25) is 15.0 Å². The summed E-state index contributed by atoms with van der Waals surface area (Å²) in [4.78, 5) is 21.9. The van der Waals surface area contributed by atoms with Crippen LogP contribution in [-0.4, -0.2) is 31.5 Å². The Morgan fingerprint density at radius 1 is 0.963 bits per heavy atom. The van der Waals surface area contributed by atoms with E-state index in [9.17, 15) is 0 Å². The van der Waals surface area contributed by atoms with E-state index in [0.717, 1.165) is 40.3 Å². The Labute approximate surface area is 157 Å². The zero-order valence-electron chi connectivity index (χ0n) is 15.3. The lowest BCUT2D eigenvalue weighted by atomic mass is 9.99. The first kappa shape index (κ1) is 17.0. The Morgan fingerprint density at radius 3 is 2.70 bits per heavy atom. The predicted molar refractivity (Wildman–Crippen MR) is 106 cm³/mol. The van der Waals surface area contributed by atoms with Crippen LogP contribution in [0.25, 0.3) is 22.3 Å². The molecule has 0 amide bonds. The molecule has 1 aromatic carbocycles. The summed E-state index contributed by atoms with van der Waals surface area (Å²) in [5.41, 5.74) is 5.84. The van der Waals surface area contributed by atoms with Gasteiger partial charge >= 0.3 is 0 Å². The highest BCUT2D eigenvalue weighted by Gasteiger charge is 2.11. The Bertz CT molecular complexity index is 1060. The molecule has 0 aliphatic rings. The molecule has 27 heavy (non-hydrogen) atoms. The molecule has 4 aromatic rings. The lowest BCUT2D eigenvalue weighted by molar-refractivity contribution is 0.805. The lowest BCUT2D eigenvalue weighted by Gasteiger charge is -2.15. The highest BCUT2D eigenvalue weighted by Crippen LogP contribution is 2.24. The van der Waals surface area contributed by atoms with E-state index in [1.54, 1.807) is 18.7 Å². The van der Waals surface area contributed by atoms with Gasteiger partial charge in [-0.05, 0) is 30.7 Å². The fourth-order valence-electron chi connectivity index (χ4n) is 3.01. The van der Waals surface area contributed by atoms with Crippen molar-refractivity contribution in [2.24, 2.45) is 0 Å². The summed E-state index contributed by atoms with van der Waals surface area (Å²) in [6.45, 7) is 4.87. The molecule has 1 atom stereocenters. The molecule has 1 unspecified atom stereocenters. The van der Waals surface area contributed by atoms with Crippen LogP contribution in [0.3, 0.4) is 0 Å². The third-order valence-electron chi connectivity index (χ3n) is 4.52. The standard InChI is InChI=1S/C21H20N6/c1-14(17-4-3-5-18-21(17)23-9-8-22-18)11-25-20-10-19(26-13-27-20)16-7-6-15(2)24-12-16/h3-10,12-14H,11H2,1-2H3,(H,25,26,27). The molecule has 6 nitrogen and oxygen atoms in total. The summed E-state index contributed by atoms with van der Waals surface area (Å²) in [7, 11) is 0. The van der Waals surface area contributed by atoms with Gasteiger partial charge in [0.25, 0.3) is 0 Å². The van der Waals surface area contributed by atoms with Gasteiger partial charge < -0.3 is 5.32 Å². The fourth-order valence-corrected chi connectivity index (χ4v) is 3.01.